The van der Waals surface area contributed by atoms with Crippen LogP contribution in [0.3, 0.4) is 0 Å². The van der Waals surface area contributed by atoms with Gasteiger partial charge in [-0.05, 0) is 54.1 Å². The highest BCUT2D eigenvalue weighted by Gasteiger charge is 2.05. The summed E-state index contributed by atoms with van der Waals surface area (Å²) >= 11 is 0. The smallest absolute Gasteiger partial charge is 0.410 e. The molecule has 8 heteroatoms. The first kappa shape index (κ1) is 19.6. The first-order valence-electron chi connectivity index (χ1n) is 8.81. The van der Waals surface area contributed by atoms with Crippen molar-refractivity contribution in [2.24, 2.45) is 16.0 Å². The predicted molar refractivity (Wildman–Crippen MR) is 112 cm³/mol. The molecule has 3 aromatic rings. The number of hydrogen-bond acceptors (Lipinski definition) is 5. The van der Waals surface area contributed by atoms with Gasteiger partial charge >= 0.3 is 6.09 Å². The third kappa shape index (κ3) is 6.47. The van der Waals surface area contributed by atoms with E-state index in [1.165, 1.54) is 0 Å². The molecule has 1 amide bonds. The monoisotopic (exact) mass is 388 g/mol. The number of azo groups is 1. The minimum atomic E-state index is -0.561. The van der Waals surface area contributed by atoms with Crippen LogP contribution in [0.1, 0.15) is 5.56 Å². The van der Waals surface area contributed by atoms with Crippen LogP contribution < -0.4 is 21.1 Å². The van der Waals surface area contributed by atoms with Gasteiger partial charge in [0.15, 0.2) is 5.96 Å². The third-order valence-corrected chi connectivity index (χ3v) is 3.75. The Bertz CT molecular complexity index is 986. The van der Waals surface area contributed by atoms with E-state index in [4.69, 9.17) is 15.9 Å². The van der Waals surface area contributed by atoms with Crippen molar-refractivity contribution in [3.63, 3.8) is 0 Å². The lowest BCUT2D eigenvalue weighted by molar-refractivity contribution is 0.200. The van der Waals surface area contributed by atoms with E-state index < -0.39 is 6.09 Å². The molecule has 0 aliphatic rings. The summed E-state index contributed by atoms with van der Waals surface area (Å²) in [5.41, 5.74) is 8.27. The Kier molecular flexibility index (Phi) is 6.51. The molecule has 0 fully saturated rings. The maximum Gasteiger partial charge on any atom is 0.412 e. The van der Waals surface area contributed by atoms with E-state index in [1.54, 1.807) is 36.4 Å². The van der Waals surface area contributed by atoms with Crippen molar-refractivity contribution in [3.8, 4) is 5.75 Å². The lowest BCUT2D eigenvalue weighted by Gasteiger charge is -2.08. The van der Waals surface area contributed by atoms with E-state index in [1.807, 2.05) is 42.5 Å². The fourth-order valence-electron chi connectivity index (χ4n) is 2.37. The Morgan fingerprint density at radius 3 is 2.14 bits per heavy atom. The highest BCUT2D eigenvalue weighted by atomic mass is 16.6. The fourth-order valence-corrected chi connectivity index (χ4v) is 2.37. The minimum Gasteiger partial charge on any atom is -0.410 e. The lowest BCUT2D eigenvalue weighted by Crippen LogP contribution is -2.26. The van der Waals surface area contributed by atoms with E-state index in [2.05, 4.69) is 20.9 Å². The molecule has 3 aromatic carbocycles. The molecule has 0 bridgehead atoms. The number of nitrogens with two attached hydrogens (primary N) is 1. The Morgan fingerprint density at radius 1 is 0.897 bits per heavy atom. The second-order valence-electron chi connectivity index (χ2n) is 6.01. The van der Waals surface area contributed by atoms with E-state index in [9.17, 15) is 4.79 Å². The molecule has 146 valence electrons. The molecule has 0 saturated heterocycles. The quantitative estimate of drug-likeness (QED) is 0.277. The lowest BCUT2D eigenvalue weighted by atomic mass is 10.2. The number of anilines is 1. The van der Waals surface area contributed by atoms with Crippen molar-refractivity contribution in [2.45, 2.75) is 6.54 Å². The normalized spacial score (nSPS) is 10.5. The Balaban J connectivity index is 1.48. The van der Waals surface area contributed by atoms with Crippen molar-refractivity contribution < 1.29 is 9.53 Å². The number of nitrogens with one attached hydrogen (secondary N) is 3. The van der Waals surface area contributed by atoms with Crippen molar-refractivity contribution in [1.29, 1.82) is 5.41 Å². The van der Waals surface area contributed by atoms with Crippen molar-refractivity contribution in [2.75, 3.05) is 5.32 Å². The van der Waals surface area contributed by atoms with E-state index in [-0.39, 0.29) is 5.96 Å². The zero-order chi connectivity index (χ0) is 20.5. The molecule has 0 heterocycles. The highest BCUT2D eigenvalue weighted by Crippen LogP contribution is 2.21. The Hall–Kier alpha value is -4.20. The van der Waals surface area contributed by atoms with Gasteiger partial charge in [-0.2, -0.15) is 10.2 Å². The molecule has 0 radical (unpaired) electrons. The van der Waals surface area contributed by atoms with Gasteiger partial charge in [0.25, 0.3) is 0 Å². The van der Waals surface area contributed by atoms with Gasteiger partial charge in [-0.15, -0.1) is 0 Å². The average Bonchev–Trinajstić information content (AvgIpc) is 2.73. The average molecular weight is 388 g/mol. The van der Waals surface area contributed by atoms with Crippen LogP contribution in [0.15, 0.2) is 89.1 Å². The van der Waals surface area contributed by atoms with Crippen LogP contribution in [0.25, 0.3) is 0 Å². The summed E-state index contributed by atoms with van der Waals surface area (Å²) in [5, 5.41) is 20.8. The molecule has 0 saturated carbocycles. The molecule has 0 spiro atoms. The van der Waals surface area contributed by atoms with Gasteiger partial charge in [0.05, 0.1) is 11.4 Å². The van der Waals surface area contributed by atoms with Crippen molar-refractivity contribution in [3.05, 3.63) is 84.4 Å². The van der Waals surface area contributed by atoms with Crippen LogP contribution >= 0.6 is 0 Å². The molecule has 29 heavy (non-hydrogen) atoms. The Morgan fingerprint density at radius 2 is 1.52 bits per heavy atom. The summed E-state index contributed by atoms with van der Waals surface area (Å²) in [6, 6.07) is 23.3. The van der Waals surface area contributed by atoms with Gasteiger partial charge in [-0.25, -0.2) is 4.79 Å². The fraction of sp³-hybridized carbons (Fsp3) is 0.0476. The molecule has 3 rings (SSSR count). The number of guanidine groups is 1. The van der Waals surface area contributed by atoms with Crippen LogP contribution in [-0.2, 0) is 6.54 Å². The number of rotatable bonds is 6. The molecule has 0 aromatic heterocycles. The molecule has 5 N–H and O–H groups in total. The summed E-state index contributed by atoms with van der Waals surface area (Å²) in [4.78, 5) is 12.0. The largest absolute Gasteiger partial charge is 0.412 e. The van der Waals surface area contributed by atoms with Gasteiger partial charge in [-0.3, -0.25) is 5.41 Å². The summed E-state index contributed by atoms with van der Waals surface area (Å²) in [5.74, 6) is 0.272. The predicted octanol–water partition coefficient (Wildman–Crippen LogP) is 4.70. The summed E-state index contributed by atoms with van der Waals surface area (Å²) in [6.45, 7) is 0.308. The number of carbonyl (C=O) groups excluding carboxylic acids is 1. The van der Waals surface area contributed by atoms with Crippen LogP contribution in [0, 0.1) is 5.41 Å². The SMILES string of the molecule is N=C(N)Nc1ccc(CNC(=O)Oc2ccc(/N=N/c3ccccc3)cc2)cc1. The number of nitrogens with zero attached hydrogens (tertiary/aromatic N) is 2. The molecule has 0 unspecified atom stereocenters. The molecule has 0 aliphatic carbocycles. The second kappa shape index (κ2) is 9.65. The third-order valence-electron chi connectivity index (χ3n) is 3.75. The zero-order valence-electron chi connectivity index (χ0n) is 15.5. The highest BCUT2D eigenvalue weighted by molar-refractivity contribution is 5.89. The Labute approximate surface area is 167 Å². The van der Waals surface area contributed by atoms with Crippen LogP contribution in [0.2, 0.25) is 0 Å². The first-order valence-corrected chi connectivity index (χ1v) is 8.81. The second-order valence-corrected chi connectivity index (χ2v) is 6.01. The molecule has 0 aliphatic heterocycles. The van der Waals surface area contributed by atoms with Gasteiger partial charge < -0.3 is 21.1 Å². The minimum absolute atomic E-state index is 0.132. The van der Waals surface area contributed by atoms with Crippen molar-refractivity contribution in [1.82, 2.24) is 5.32 Å². The van der Waals surface area contributed by atoms with Crippen LogP contribution in [0.4, 0.5) is 21.9 Å². The van der Waals surface area contributed by atoms with Gasteiger partial charge in [0.2, 0.25) is 0 Å². The van der Waals surface area contributed by atoms with Gasteiger partial charge in [0, 0.05) is 12.2 Å². The topological polar surface area (TPSA) is 125 Å². The number of benzene rings is 3. The van der Waals surface area contributed by atoms with Crippen molar-refractivity contribution >= 4 is 29.1 Å². The van der Waals surface area contributed by atoms with Crippen LogP contribution in [-0.4, -0.2) is 12.1 Å². The van der Waals surface area contributed by atoms with E-state index >= 15 is 0 Å². The standard InChI is InChI=1S/C21H20N6O2/c22-20(23)25-16-8-6-15(7-9-16)14-24-21(28)29-19-12-10-18(11-13-19)27-26-17-4-2-1-3-5-17/h1-13H,14H2,(H,24,28)(H4,22,23,25)/b27-26+. The van der Waals surface area contributed by atoms with E-state index in [0.717, 1.165) is 11.3 Å². The maximum absolute atomic E-state index is 12.0. The molecular weight excluding hydrogens is 368 g/mol. The maximum atomic E-state index is 12.0. The molecule has 0 atom stereocenters. The molecular formula is C21H20N6O2. The number of carbonyl (C=O) groups is 1. The zero-order valence-corrected chi connectivity index (χ0v) is 15.5. The summed E-state index contributed by atoms with van der Waals surface area (Å²) in [6.07, 6.45) is -0.561. The number of hydrogen-bond donors (Lipinski definition) is 4. The summed E-state index contributed by atoms with van der Waals surface area (Å²) < 4.78 is 5.25. The molecule has 8 nitrogen and oxygen atoms in total. The van der Waals surface area contributed by atoms with E-state index in [0.29, 0.717) is 23.7 Å². The number of amides is 1. The van der Waals surface area contributed by atoms with Gasteiger partial charge in [0.1, 0.15) is 5.75 Å². The summed E-state index contributed by atoms with van der Waals surface area (Å²) in [7, 11) is 0. The first-order chi connectivity index (χ1) is 14.1. The number of ether oxygens (including phenoxy) is 1. The van der Waals surface area contributed by atoms with Gasteiger partial charge in [-0.1, -0.05) is 30.3 Å². The van der Waals surface area contributed by atoms with Crippen LogP contribution in [0.5, 0.6) is 5.75 Å².